The van der Waals surface area contributed by atoms with Crippen LogP contribution in [0.1, 0.15) is 36.8 Å². The molecule has 0 amide bonds. The molecular weight excluding hydrogens is 350 g/mol. The molecule has 0 aliphatic carbocycles. The molecule has 0 spiro atoms. The van der Waals surface area contributed by atoms with Gasteiger partial charge >= 0.3 is 0 Å². The number of aromatic nitrogens is 1. The first kappa shape index (κ1) is 19.6. The van der Waals surface area contributed by atoms with E-state index in [1.165, 1.54) is 18.4 Å². The maximum atomic E-state index is 5.98. The number of hydrogen-bond acceptors (Lipinski definition) is 5. The highest BCUT2D eigenvalue weighted by Gasteiger charge is 2.29. The van der Waals surface area contributed by atoms with E-state index >= 15 is 0 Å². The van der Waals surface area contributed by atoms with Crippen molar-refractivity contribution in [2.24, 2.45) is 5.92 Å². The molecule has 0 N–H and O–H groups in total. The molecule has 1 aromatic carbocycles. The Morgan fingerprint density at radius 2 is 1.86 bits per heavy atom. The normalized spacial score (nSPS) is 21.1. The average molecular weight is 384 g/mol. The second kappa shape index (κ2) is 8.76. The van der Waals surface area contributed by atoms with Gasteiger partial charge in [-0.05, 0) is 64.8 Å². The van der Waals surface area contributed by atoms with E-state index in [1.54, 1.807) is 0 Å². The van der Waals surface area contributed by atoms with Crippen molar-refractivity contribution in [3.63, 3.8) is 0 Å². The zero-order valence-electron chi connectivity index (χ0n) is 17.5. The maximum absolute atomic E-state index is 5.98. The summed E-state index contributed by atoms with van der Waals surface area (Å²) in [5.41, 5.74) is 3.37. The molecule has 5 heteroatoms. The molecule has 2 aromatic rings. The van der Waals surface area contributed by atoms with Gasteiger partial charge in [-0.1, -0.05) is 17.7 Å². The van der Waals surface area contributed by atoms with Crippen LogP contribution in [0.4, 0.5) is 0 Å². The third-order valence-electron chi connectivity index (χ3n) is 6.47. The quantitative estimate of drug-likeness (QED) is 0.783. The van der Waals surface area contributed by atoms with Gasteiger partial charge in [-0.3, -0.25) is 9.80 Å². The Morgan fingerprint density at radius 3 is 2.57 bits per heavy atom. The predicted octanol–water partition coefficient (Wildman–Crippen LogP) is 3.89. The molecule has 1 aromatic heterocycles. The van der Waals surface area contributed by atoms with E-state index in [0.717, 1.165) is 74.8 Å². The molecule has 1 atom stereocenters. The lowest BCUT2D eigenvalue weighted by atomic mass is 9.89. The molecule has 0 bridgehead atoms. The first-order valence-corrected chi connectivity index (χ1v) is 10.7. The second-order valence-corrected chi connectivity index (χ2v) is 8.39. The zero-order chi connectivity index (χ0) is 19.5. The van der Waals surface area contributed by atoms with Crippen LogP contribution in [-0.4, -0.2) is 60.2 Å². The van der Waals surface area contributed by atoms with Gasteiger partial charge in [0, 0.05) is 31.2 Å². The standard InChI is InChI=1S/C23H33N3O2/c1-17-5-4-6-21(15-17)23-24-22(19(3)28-23)16-25-9-7-20(8-10-25)18(2)26-11-13-27-14-12-26/h4-6,15,18,20H,7-14,16H2,1-3H3/t18-/m0/s1. The summed E-state index contributed by atoms with van der Waals surface area (Å²) in [4.78, 5) is 9.96. The molecular formula is C23H33N3O2. The van der Waals surface area contributed by atoms with E-state index in [4.69, 9.17) is 14.1 Å². The largest absolute Gasteiger partial charge is 0.441 e. The van der Waals surface area contributed by atoms with E-state index in [2.05, 4.69) is 47.9 Å². The highest BCUT2D eigenvalue weighted by Crippen LogP contribution is 2.27. The summed E-state index contributed by atoms with van der Waals surface area (Å²) in [5, 5.41) is 0. The van der Waals surface area contributed by atoms with E-state index < -0.39 is 0 Å². The zero-order valence-corrected chi connectivity index (χ0v) is 17.5. The maximum Gasteiger partial charge on any atom is 0.226 e. The molecule has 2 saturated heterocycles. The number of oxazole rings is 1. The number of ether oxygens (including phenoxy) is 1. The third-order valence-corrected chi connectivity index (χ3v) is 6.47. The van der Waals surface area contributed by atoms with Crippen molar-refractivity contribution in [2.45, 2.75) is 46.2 Å². The van der Waals surface area contributed by atoms with Gasteiger partial charge in [0.05, 0.1) is 18.9 Å². The summed E-state index contributed by atoms with van der Waals surface area (Å²) in [6, 6.07) is 9.02. The molecule has 28 heavy (non-hydrogen) atoms. The van der Waals surface area contributed by atoms with E-state index in [0.29, 0.717) is 6.04 Å². The van der Waals surface area contributed by atoms with E-state index in [9.17, 15) is 0 Å². The van der Waals surface area contributed by atoms with Crippen molar-refractivity contribution in [1.82, 2.24) is 14.8 Å². The van der Waals surface area contributed by atoms with Crippen molar-refractivity contribution in [3.8, 4) is 11.5 Å². The third kappa shape index (κ3) is 4.48. The Labute approximate surface area is 168 Å². The highest BCUT2D eigenvalue weighted by atomic mass is 16.5. The van der Waals surface area contributed by atoms with Crippen LogP contribution < -0.4 is 0 Å². The number of hydrogen-bond donors (Lipinski definition) is 0. The lowest BCUT2D eigenvalue weighted by molar-refractivity contribution is -0.00199. The van der Waals surface area contributed by atoms with Crippen molar-refractivity contribution >= 4 is 0 Å². The minimum atomic E-state index is 0.660. The van der Waals surface area contributed by atoms with Crippen LogP contribution in [0.2, 0.25) is 0 Å². The molecule has 152 valence electrons. The summed E-state index contributed by atoms with van der Waals surface area (Å²) in [6.45, 7) is 13.7. The molecule has 5 nitrogen and oxygen atoms in total. The van der Waals surface area contributed by atoms with Gasteiger partial charge in [-0.25, -0.2) is 4.98 Å². The number of piperidine rings is 1. The summed E-state index contributed by atoms with van der Waals surface area (Å²) in [7, 11) is 0. The molecule has 0 radical (unpaired) electrons. The fourth-order valence-electron chi connectivity index (χ4n) is 4.56. The van der Waals surface area contributed by atoms with Gasteiger partial charge in [0.1, 0.15) is 5.76 Å². The van der Waals surface area contributed by atoms with Gasteiger partial charge in [0.25, 0.3) is 0 Å². The second-order valence-electron chi connectivity index (χ2n) is 8.39. The summed E-state index contributed by atoms with van der Waals surface area (Å²) >= 11 is 0. The Kier molecular flexibility index (Phi) is 6.14. The number of rotatable bonds is 5. The molecule has 2 aliphatic rings. The van der Waals surface area contributed by atoms with Crippen LogP contribution in [-0.2, 0) is 11.3 Å². The molecule has 4 rings (SSSR count). The van der Waals surface area contributed by atoms with Crippen molar-refractivity contribution in [1.29, 1.82) is 0 Å². The van der Waals surface area contributed by atoms with Crippen molar-refractivity contribution < 1.29 is 9.15 Å². The predicted molar refractivity (Wildman–Crippen MR) is 111 cm³/mol. The molecule has 0 unspecified atom stereocenters. The molecule has 3 heterocycles. The van der Waals surface area contributed by atoms with Gasteiger partial charge in [-0.2, -0.15) is 0 Å². The summed E-state index contributed by atoms with van der Waals surface area (Å²) in [6.07, 6.45) is 2.53. The number of benzene rings is 1. The van der Waals surface area contributed by atoms with E-state index in [-0.39, 0.29) is 0 Å². The fourth-order valence-corrected chi connectivity index (χ4v) is 4.56. The van der Waals surface area contributed by atoms with Crippen molar-refractivity contribution in [2.75, 3.05) is 39.4 Å². The smallest absolute Gasteiger partial charge is 0.226 e. The Morgan fingerprint density at radius 1 is 1.11 bits per heavy atom. The van der Waals surface area contributed by atoms with Gasteiger partial charge in [-0.15, -0.1) is 0 Å². The topological polar surface area (TPSA) is 41.7 Å². The summed E-state index contributed by atoms with van der Waals surface area (Å²) < 4.78 is 11.5. The van der Waals surface area contributed by atoms with Crippen LogP contribution in [0.15, 0.2) is 28.7 Å². The Balaban J connectivity index is 1.33. The van der Waals surface area contributed by atoms with Gasteiger partial charge in [0.15, 0.2) is 0 Å². The first-order valence-electron chi connectivity index (χ1n) is 10.7. The Bertz CT molecular complexity index is 774. The lowest BCUT2D eigenvalue weighted by Crippen LogP contribution is -2.48. The average Bonchev–Trinajstić information content (AvgIpc) is 3.09. The van der Waals surface area contributed by atoms with Crippen molar-refractivity contribution in [3.05, 3.63) is 41.3 Å². The summed E-state index contributed by atoms with van der Waals surface area (Å²) in [5.74, 6) is 2.47. The Hall–Kier alpha value is -1.69. The van der Waals surface area contributed by atoms with Crippen LogP contribution in [0.25, 0.3) is 11.5 Å². The SMILES string of the molecule is Cc1cccc(-c2nc(CN3CCC([C@H](C)N4CCOCC4)CC3)c(C)o2)c1. The minimum Gasteiger partial charge on any atom is -0.441 e. The van der Waals surface area contributed by atoms with Gasteiger partial charge in [0.2, 0.25) is 5.89 Å². The number of aryl methyl sites for hydroxylation is 2. The van der Waals surface area contributed by atoms with Crippen LogP contribution in [0.3, 0.4) is 0 Å². The first-order chi connectivity index (χ1) is 13.6. The van der Waals surface area contributed by atoms with Crippen LogP contribution >= 0.6 is 0 Å². The number of morpholine rings is 1. The lowest BCUT2D eigenvalue weighted by Gasteiger charge is -2.40. The number of likely N-dealkylation sites (tertiary alicyclic amines) is 1. The fraction of sp³-hybridized carbons (Fsp3) is 0.609. The highest BCUT2D eigenvalue weighted by molar-refractivity contribution is 5.54. The van der Waals surface area contributed by atoms with Gasteiger partial charge < -0.3 is 9.15 Å². The molecule has 2 fully saturated rings. The van der Waals surface area contributed by atoms with Crippen LogP contribution in [0.5, 0.6) is 0 Å². The van der Waals surface area contributed by atoms with E-state index in [1.807, 2.05) is 6.92 Å². The minimum absolute atomic E-state index is 0.660. The number of nitrogens with zero attached hydrogens (tertiary/aromatic N) is 3. The van der Waals surface area contributed by atoms with Crippen LogP contribution in [0, 0.1) is 19.8 Å². The molecule has 2 aliphatic heterocycles. The monoisotopic (exact) mass is 383 g/mol. The molecule has 0 saturated carbocycles.